The Bertz CT molecular complexity index is 1110. The van der Waals surface area contributed by atoms with E-state index in [2.05, 4.69) is 10.3 Å². The molecule has 0 radical (unpaired) electrons. The molecule has 148 valence electrons. The molecule has 8 nitrogen and oxygen atoms in total. The summed E-state index contributed by atoms with van der Waals surface area (Å²) in [5.41, 5.74) is -0.213. The van der Waals surface area contributed by atoms with Crippen molar-refractivity contribution in [1.82, 2.24) is 4.98 Å². The molecule has 1 aliphatic carbocycles. The standard InChI is InChI=1S/C21H18N2O6/c1-28-18-11-15-14(10-16(18)24)17(6-9-22-15)29-13-4-2-12(3-5-13)23-19(25)21(7-8-21)20(26)27/h2-6,9-11,24H,7-8H2,1H3,(H,23,25)(H,26,27). The van der Waals surface area contributed by atoms with Gasteiger partial charge in [0, 0.05) is 23.3 Å². The maximum Gasteiger partial charge on any atom is 0.319 e. The number of phenols is 1. The second-order valence-corrected chi connectivity index (χ2v) is 6.82. The molecule has 1 heterocycles. The lowest BCUT2D eigenvalue weighted by atomic mass is 10.1. The Labute approximate surface area is 165 Å². The van der Waals surface area contributed by atoms with Crippen molar-refractivity contribution in [2.45, 2.75) is 12.8 Å². The number of amides is 1. The number of aromatic nitrogens is 1. The van der Waals surface area contributed by atoms with Crippen LogP contribution in [0.2, 0.25) is 0 Å². The number of hydrogen-bond donors (Lipinski definition) is 3. The zero-order valence-electron chi connectivity index (χ0n) is 15.5. The van der Waals surface area contributed by atoms with Crippen molar-refractivity contribution in [3.05, 3.63) is 48.7 Å². The molecule has 1 saturated carbocycles. The topological polar surface area (TPSA) is 118 Å². The lowest BCUT2D eigenvalue weighted by Gasteiger charge is -2.12. The Morgan fingerprint density at radius 3 is 2.45 bits per heavy atom. The predicted molar refractivity (Wildman–Crippen MR) is 104 cm³/mol. The van der Waals surface area contributed by atoms with E-state index in [1.165, 1.54) is 13.2 Å². The summed E-state index contributed by atoms with van der Waals surface area (Å²) < 4.78 is 11.0. The number of carbonyl (C=O) groups excluding carboxylic acids is 1. The number of nitrogens with one attached hydrogen (secondary N) is 1. The smallest absolute Gasteiger partial charge is 0.319 e. The number of anilines is 1. The summed E-state index contributed by atoms with van der Waals surface area (Å²) in [6, 6.07) is 11.4. The van der Waals surface area contributed by atoms with Crippen LogP contribution in [0.4, 0.5) is 5.69 Å². The maximum absolute atomic E-state index is 12.2. The molecule has 0 aliphatic heterocycles. The summed E-state index contributed by atoms with van der Waals surface area (Å²) in [6.45, 7) is 0. The number of carboxylic acid groups (broad SMARTS) is 1. The first-order chi connectivity index (χ1) is 13.9. The molecule has 1 fully saturated rings. The van der Waals surface area contributed by atoms with Gasteiger partial charge in [-0.3, -0.25) is 14.6 Å². The molecule has 0 atom stereocenters. The highest BCUT2D eigenvalue weighted by Crippen LogP contribution is 2.46. The number of pyridine rings is 1. The normalized spacial score (nSPS) is 14.2. The minimum Gasteiger partial charge on any atom is -0.504 e. The minimum atomic E-state index is -1.30. The molecule has 3 aromatic rings. The highest BCUT2D eigenvalue weighted by molar-refractivity contribution is 6.10. The molecule has 0 saturated heterocycles. The van der Waals surface area contributed by atoms with Gasteiger partial charge in [-0.25, -0.2) is 0 Å². The number of ether oxygens (including phenoxy) is 2. The number of carbonyl (C=O) groups is 2. The van der Waals surface area contributed by atoms with Gasteiger partial charge in [0.1, 0.15) is 16.9 Å². The number of hydrogen-bond acceptors (Lipinski definition) is 6. The third kappa shape index (κ3) is 3.40. The largest absolute Gasteiger partial charge is 0.504 e. The van der Waals surface area contributed by atoms with Crippen LogP contribution in [0.15, 0.2) is 48.7 Å². The van der Waals surface area contributed by atoms with E-state index in [-0.39, 0.29) is 5.75 Å². The number of benzene rings is 2. The van der Waals surface area contributed by atoms with E-state index in [1.54, 1.807) is 42.6 Å². The number of aromatic hydroxyl groups is 1. The Hall–Kier alpha value is -3.81. The van der Waals surface area contributed by atoms with Gasteiger partial charge < -0.3 is 25.0 Å². The molecule has 29 heavy (non-hydrogen) atoms. The van der Waals surface area contributed by atoms with E-state index in [9.17, 15) is 19.8 Å². The monoisotopic (exact) mass is 394 g/mol. The van der Waals surface area contributed by atoms with E-state index < -0.39 is 17.3 Å². The van der Waals surface area contributed by atoms with Crippen molar-refractivity contribution in [3.63, 3.8) is 0 Å². The molecule has 1 amide bonds. The average molecular weight is 394 g/mol. The van der Waals surface area contributed by atoms with Crippen LogP contribution in [-0.2, 0) is 9.59 Å². The minimum absolute atomic E-state index is 0.0247. The molecule has 3 N–H and O–H groups in total. The predicted octanol–water partition coefficient (Wildman–Crippen LogP) is 3.54. The van der Waals surface area contributed by atoms with Gasteiger partial charge in [0.05, 0.1) is 12.6 Å². The molecule has 4 rings (SSSR count). The van der Waals surface area contributed by atoms with E-state index in [0.29, 0.717) is 46.7 Å². The fourth-order valence-corrected chi connectivity index (χ4v) is 3.04. The SMILES string of the molecule is COc1cc2nccc(Oc3ccc(NC(=O)C4(C(=O)O)CC4)cc3)c2cc1O. The van der Waals surface area contributed by atoms with Gasteiger partial charge in [0.15, 0.2) is 11.5 Å². The van der Waals surface area contributed by atoms with Crippen LogP contribution in [0.25, 0.3) is 10.9 Å². The van der Waals surface area contributed by atoms with Gasteiger partial charge in [-0.1, -0.05) is 0 Å². The Morgan fingerprint density at radius 1 is 1.10 bits per heavy atom. The first kappa shape index (κ1) is 18.5. The van der Waals surface area contributed by atoms with Gasteiger partial charge in [-0.2, -0.15) is 0 Å². The third-order valence-corrected chi connectivity index (χ3v) is 4.94. The molecular weight excluding hydrogens is 376 g/mol. The number of rotatable bonds is 6. The van der Waals surface area contributed by atoms with Gasteiger partial charge in [0.25, 0.3) is 0 Å². The molecule has 1 aromatic heterocycles. The maximum atomic E-state index is 12.2. The highest BCUT2D eigenvalue weighted by atomic mass is 16.5. The number of aliphatic carboxylic acids is 1. The number of nitrogens with zero attached hydrogens (tertiary/aromatic N) is 1. The Balaban J connectivity index is 1.53. The van der Waals surface area contributed by atoms with Crippen molar-refractivity contribution in [2.24, 2.45) is 5.41 Å². The molecule has 8 heteroatoms. The second-order valence-electron chi connectivity index (χ2n) is 6.82. The highest BCUT2D eigenvalue weighted by Gasteiger charge is 2.57. The van der Waals surface area contributed by atoms with Gasteiger partial charge in [-0.15, -0.1) is 0 Å². The fraction of sp³-hybridized carbons (Fsp3) is 0.190. The fourth-order valence-electron chi connectivity index (χ4n) is 3.04. The summed E-state index contributed by atoms with van der Waals surface area (Å²) in [6.07, 6.45) is 2.29. The Morgan fingerprint density at radius 2 is 1.83 bits per heavy atom. The summed E-state index contributed by atoms with van der Waals surface area (Å²) in [5.74, 6) is -0.319. The van der Waals surface area contributed by atoms with Gasteiger partial charge >= 0.3 is 5.97 Å². The average Bonchev–Trinajstić information content (AvgIpc) is 3.52. The van der Waals surface area contributed by atoms with Crippen LogP contribution in [0.3, 0.4) is 0 Å². The second kappa shape index (κ2) is 6.97. The number of phenolic OH excluding ortho intramolecular Hbond substituents is 1. The Kier molecular flexibility index (Phi) is 4.46. The van der Waals surface area contributed by atoms with Crippen molar-refractivity contribution in [1.29, 1.82) is 0 Å². The van der Waals surface area contributed by atoms with E-state index in [1.807, 2.05) is 0 Å². The van der Waals surface area contributed by atoms with E-state index in [0.717, 1.165) is 0 Å². The van der Waals surface area contributed by atoms with Crippen molar-refractivity contribution in [3.8, 4) is 23.0 Å². The number of fused-ring (bicyclic) bond motifs is 1. The molecule has 0 bridgehead atoms. The van der Waals surface area contributed by atoms with Crippen molar-refractivity contribution >= 4 is 28.5 Å². The van der Waals surface area contributed by atoms with Gasteiger partial charge in [0.2, 0.25) is 5.91 Å². The summed E-state index contributed by atoms with van der Waals surface area (Å²) in [5, 5.41) is 22.5. The molecular formula is C21H18N2O6. The van der Waals surface area contributed by atoms with Crippen LogP contribution < -0.4 is 14.8 Å². The first-order valence-corrected chi connectivity index (χ1v) is 8.91. The van der Waals surface area contributed by atoms with Crippen molar-refractivity contribution in [2.75, 3.05) is 12.4 Å². The lowest BCUT2D eigenvalue weighted by Crippen LogP contribution is -2.31. The molecule has 2 aromatic carbocycles. The van der Waals surface area contributed by atoms with Crippen LogP contribution in [0.1, 0.15) is 12.8 Å². The molecule has 0 unspecified atom stereocenters. The van der Waals surface area contributed by atoms with Crippen LogP contribution in [0.5, 0.6) is 23.0 Å². The molecule has 1 aliphatic rings. The molecule has 0 spiro atoms. The van der Waals surface area contributed by atoms with E-state index >= 15 is 0 Å². The van der Waals surface area contributed by atoms with Crippen LogP contribution in [0, 0.1) is 5.41 Å². The summed E-state index contributed by atoms with van der Waals surface area (Å²) in [4.78, 5) is 27.7. The number of carboxylic acids is 1. The van der Waals surface area contributed by atoms with E-state index in [4.69, 9.17) is 9.47 Å². The lowest BCUT2D eigenvalue weighted by molar-refractivity contribution is -0.147. The van der Waals surface area contributed by atoms with Crippen LogP contribution in [-0.4, -0.2) is 34.2 Å². The zero-order valence-corrected chi connectivity index (χ0v) is 15.5. The summed E-state index contributed by atoms with van der Waals surface area (Å²) >= 11 is 0. The quantitative estimate of drug-likeness (QED) is 0.547. The third-order valence-electron chi connectivity index (χ3n) is 4.94. The summed E-state index contributed by atoms with van der Waals surface area (Å²) in [7, 11) is 1.46. The first-order valence-electron chi connectivity index (χ1n) is 8.91. The zero-order chi connectivity index (χ0) is 20.6. The van der Waals surface area contributed by atoms with Gasteiger partial charge in [-0.05, 0) is 49.2 Å². The van der Waals surface area contributed by atoms with Crippen LogP contribution >= 0.6 is 0 Å². The van der Waals surface area contributed by atoms with Crippen molar-refractivity contribution < 1.29 is 29.3 Å². The number of methoxy groups -OCH3 is 1.